The summed E-state index contributed by atoms with van der Waals surface area (Å²) < 4.78 is 24.3. The zero-order valence-electron chi connectivity index (χ0n) is 36.5. The number of anilines is 1. The van der Waals surface area contributed by atoms with E-state index < -0.39 is 58.9 Å². The standard InChI is InChI=1S/C45H58ClN7O9S/c1-7-27-21-45(27,41(56)57)51-39(54)33-19-29(22-53(33)40(55)38(44(4,5)6)50-43(58)62-28-17-25-16-26(25)18-28)61-35-20-31(32-23-63-42(49-32)47-24(2)3)48-37-30(35)8-9-34(36(37)46)60-15-12-52-10-13-59-14-11-52/h7-9,20,23-29,33,38H,1,10-19,21-22H2,2-6H3,(H,47,49)(H,50,58)(H,51,54)(H,56,57)/t25-,26+,27-,28+,29-,33+,38-,45?/m1/s1. The Morgan fingerprint density at radius 3 is 2.48 bits per heavy atom. The van der Waals surface area contributed by atoms with Crippen LogP contribution in [0.3, 0.4) is 0 Å². The second-order valence-electron chi connectivity index (χ2n) is 18.9. The Kier molecular flexibility index (Phi) is 12.9. The number of hydrogen-bond donors (Lipinski definition) is 4. The van der Waals surface area contributed by atoms with Gasteiger partial charge in [-0.15, -0.1) is 17.9 Å². The molecule has 4 heterocycles. The molecule has 3 amide bonds. The van der Waals surface area contributed by atoms with Gasteiger partial charge in [0.15, 0.2) is 5.13 Å². The molecule has 5 fully saturated rings. The number of carboxylic acid groups (broad SMARTS) is 1. The van der Waals surface area contributed by atoms with Crippen molar-refractivity contribution in [2.45, 2.75) is 103 Å². The number of likely N-dealkylation sites (tertiary alicyclic amines) is 1. The van der Waals surface area contributed by atoms with Gasteiger partial charge in [0.2, 0.25) is 11.8 Å². The van der Waals surface area contributed by atoms with Crippen molar-refractivity contribution in [3.8, 4) is 22.9 Å². The van der Waals surface area contributed by atoms with Crippen LogP contribution in [0.15, 0.2) is 36.2 Å². The van der Waals surface area contributed by atoms with E-state index in [-0.39, 0.29) is 31.5 Å². The summed E-state index contributed by atoms with van der Waals surface area (Å²) in [4.78, 5) is 68.4. The largest absolute Gasteiger partial charge is 0.491 e. The molecular formula is C45H58ClN7O9S. The van der Waals surface area contributed by atoms with Gasteiger partial charge in [-0.3, -0.25) is 14.5 Å². The van der Waals surface area contributed by atoms with Crippen molar-refractivity contribution in [1.82, 2.24) is 30.4 Å². The number of carbonyl (C=O) groups is 4. The fourth-order valence-corrected chi connectivity index (χ4v) is 10.2. The van der Waals surface area contributed by atoms with Crippen LogP contribution in [0.1, 0.15) is 66.7 Å². The van der Waals surface area contributed by atoms with Gasteiger partial charge in [0.05, 0.1) is 31.0 Å². The first-order valence-corrected chi connectivity index (χ1v) is 23.2. The molecule has 8 rings (SSSR count). The lowest BCUT2D eigenvalue weighted by molar-refractivity contribution is -0.146. The highest BCUT2D eigenvalue weighted by Crippen LogP contribution is 2.52. The van der Waals surface area contributed by atoms with E-state index >= 15 is 0 Å². The minimum Gasteiger partial charge on any atom is -0.491 e. The van der Waals surface area contributed by atoms with Gasteiger partial charge in [0.1, 0.15) is 58.7 Å². The number of hydrogen-bond acceptors (Lipinski definition) is 13. The van der Waals surface area contributed by atoms with Crippen molar-refractivity contribution < 1.29 is 43.2 Å². The Morgan fingerprint density at radius 1 is 1.06 bits per heavy atom. The highest BCUT2D eigenvalue weighted by molar-refractivity contribution is 7.14. The van der Waals surface area contributed by atoms with Gasteiger partial charge in [-0.05, 0) is 68.9 Å². The summed E-state index contributed by atoms with van der Waals surface area (Å²) in [5, 5.41) is 22.6. The zero-order chi connectivity index (χ0) is 44.8. The second kappa shape index (κ2) is 18.0. The summed E-state index contributed by atoms with van der Waals surface area (Å²) in [6.07, 6.45) is 2.85. The maximum atomic E-state index is 14.8. The Bertz CT molecular complexity index is 2230. The molecule has 0 radical (unpaired) electrons. The van der Waals surface area contributed by atoms with E-state index in [0.717, 1.165) is 25.9 Å². The monoisotopic (exact) mass is 907 g/mol. The molecule has 8 atom stereocenters. The average Bonchev–Trinajstić information content (AvgIpc) is 3.91. The SMILES string of the molecule is C=C[C@@H]1CC1(NC(=O)[C@@H]1C[C@@H](Oc2cc(-c3csc(NC(C)C)n3)nc3c(Cl)c(OCCN4CCOCC4)ccc23)CN1C(=O)[C@@H](NC(=O)O[C@@H]1C[C@@H]2C[C@@H]2C1)C(C)(C)C)C(=O)O. The van der Waals surface area contributed by atoms with E-state index in [0.29, 0.717) is 82.1 Å². The Labute approximate surface area is 376 Å². The molecule has 63 heavy (non-hydrogen) atoms. The van der Waals surface area contributed by atoms with E-state index in [1.165, 1.54) is 28.7 Å². The molecule has 2 aromatic heterocycles. The number of carboxylic acids is 1. The number of aliphatic carboxylic acids is 1. The number of pyridine rings is 1. The summed E-state index contributed by atoms with van der Waals surface area (Å²) in [6, 6.07) is 3.30. The zero-order valence-corrected chi connectivity index (χ0v) is 38.1. The molecule has 3 aromatic rings. The topological polar surface area (TPSA) is 194 Å². The number of nitrogens with zero attached hydrogens (tertiary/aromatic N) is 4. The highest BCUT2D eigenvalue weighted by atomic mass is 35.5. The van der Waals surface area contributed by atoms with Crippen molar-refractivity contribution in [2.24, 2.45) is 23.2 Å². The molecule has 16 nitrogen and oxygen atoms in total. The van der Waals surface area contributed by atoms with Crippen LogP contribution in [0.2, 0.25) is 5.02 Å². The molecule has 1 unspecified atom stereocenters. The quantitative estimate of drug-likeness (QED) is 0.123. The third-order valence-corrected chi connectivity index (χ3v) is 14.0. The molecule has 2 saturated heterocycles. The second-order valence-corrected chi connectivity index (χ2v) is 20.1. The average molecular weight is 909 g/mol. The molecule has 3 aliphatic carbocycles. The lowest BCUT2D eigenvalue weighted by Crippen LogP contribution is -2.59. The number of carbonyl (C=O) groups excluding carboxylic acids is 3. The predicted octanol–water partition coefficient (Wildman–Crippen LogP) is 5.98. The minimum absolute atomic E-state index is 0.0208. The van der Waals surface area contributed by atoms with E-state index in [9.17, 15) is 24.3 Å². The van der Waals surface area contributed by atoms with Crippen LogP contribution in [0.4, 0.5) is 9.93 Å². The molecule has 0 spiro atoms. The van der Waals surface area contributed by atoms with Crippen LogP contribution < -0.4 is 25.4 Å². The summed E-state index contributed by atoms with van der Waals surface area (Å²) in [5.41, 5.74) is -0.841. The van der Waals surface area contributed by atoms with Crippen LogP contribution in [0.5, 0.6) is 11.5 Å². The first-order valence-electron chi connectivity index (χ1n) is 21.9. The maximum Gasteiger partial charge on any atom is 0.408 e. The maximum absolute atomic E-state index is 14.8. The summed E-state index contributed by atoms with van der Waals surface area (Å²) in [6.45, 7) is 17.3. The van der Waals surface area contributed by atoms with Crippen LogP contribution in [-0.4, -0.2) is 131 Å². The van der Waals surface area contributed by atoms with Gasteiger partial charge in [-0.25, -0.2) is 19.6 Å². The summed E-state index contributed by atoms with van der Waals surface area (Å²) >= 11 is 8.54. The number of ether oxygens (including phenoxy) is 4. The first kappa shape index (κ1) is 44.9. The summed E-state index contributed by atoms with van der Waals surface area (Å²) in [5.74, 6) is -0.784. The van der Waals surface area contributed by atoms with E-state index in [1.807, 2.05) is 46.1 Å². The highest BCUT2D eigenvalue weighted by Gasteiger charge is 2.61. The molecule has 0 bridgehead atoms. The Balaban J connectivity index is 1.09. The van der Waals surface area contributed by atoms with E-state index in [4.69, 9.17) is 40.5 Å². The molecule has 5 aliphatic rings. The summed E-state index contributed by atoms with van der Waals surface area (Å²) in [7, 11) is 0. The van der Waals surface area contributed by atoms with Gasteiger partial charge in [0, 0.05) is 54.8 Å². The lowest BCUT2D eigenvalue weighted by Gasteiger charge is -2.35. The predicted molar refractivity (Wildman–Crippen MR) is 238 cm³/mol. The van der Waals surface area contributed by atoms with E-state index in [1.54, 1.807) is 12.1 Å². The fraction of sp³-hybridized carbons (Fsp3) is 0.600. The van der Waals surface area contributed by atoms with Gasteiger partial charge >= 0.3 is 12.1 Å². The molecule has 3 saturated carbocycles. The van der Waals surface area contributed by atoms with Gasteiger partial charge in [-0.1, -0.05) is 38.4 Å². The number of morpholine rings is 1. The number of amides is 3. The van der Waals surface area contributed by atoms with Crippen LogP contribution >= 0.6 is 22.9 Å². The lowest BCUT2D eigenvalue weighted by atomic mass is 9.85. The Morgan fingerprint density at radius 2 is 1.81 bits per heavy atom. The number of thiazole rings is 1. The molecule has 4 N–H and O–H groups in total. The van der Waals surface area contributed by atoms with Crippen molar-refractivity contribution in [2.75, 3.05) is 51.3 Å². The third-order valence-electron chi connectivity index (χ3n) is 12.8. The molecule has 2 aliphatic heterocycles. The number of alkyl carbamates (subject to hydrolysis) is 1. The third kappa shape index (κ3) is 9.86. The van der Waals surface area contributed by atoms with Crippen molar-refractivity contribution in [3.05, 3.63) is 41.3 Å². The van der Waals surface area contributed by atoms with Crippen LogP contribution in [-0.2, 0) is 23.9 Å². The van der Waals surface area contributed by atoms with Crippen molar-refractivity contribution in [3.63, 3.8) is 0 Å². The smallest absolute Gasteiger partial charge is 0.408 e. The van der Waals surface area contributed by atoms with Gasteiger partial charge < -0.3 is 44.9 Å². The van der Waals surface area contributed by atoms with Crippen molar-refractivity contribution in [1.29, 1.82) is 0 Å². The molecule has 1 aromatic carbocycles. The Hall–Kier alpha value is -4.71. The number of halogens is 1. The van der Waals surface area contributed by atoms with Crippen LogP contribution in [0.25, 0.3) is 22.3 Å². The van der Waals surface area contributed by atoms with E-state index in [2.05, 4.69) is 27.4 Å². The normalized spacial score (nSPS) is 27.1. The minimum atomic E-state index is -1.54. The van der Waals surface area contributed by atoms with Gasteiger partial charge in [0.25, 0.3) is 0 Å². The fourth-order valence-electron chi connectivity index (χ4n) is 9.11. The number of rotatable bonds is 16. The number of benzene rings is 1. The number of aromatic nitrogens is 2. The van der Waals surface area contributed by atoms with Crippen LogP contribution in [0, 0.1) is 23.2 Å². The number of fused-ring (bicyclic) bond motifs is 2. The number of nitrogens with one attached hydrogen (secondary N) is 3. The molecule has 18 heteroatoms. The first-order chi connectivity index (χ1) is 30.0. The van der Waals surface area contributed by atoms with Crippen molar-refractivity contribution >= 4 is 62.8 Å². The van der Waals surface area contributed by atoms with Gasteiger partial charge in [-0.2, -0.15) is 0 Å². The molecule has 340 valence electrons. The molecular weight excluding hydrogens is 850 g/mol.